The number of urea groups is 1. The molecule has 2 amide bonds. The zero-order chi connectivity index (χ0) is 11.5. The Morgan fingerprint density at radius 2 is 2.25 bits per heavy atom. The Balaban J connectivity index is 1.84. The summed E-state index contributed by atoms with van der Waals surface area (Å²) in [5.41, 5.74) is 0. The fourth-order valence-corrected chi connectivity index (χ4v) is 2.27. The Hall–Kier alpha value is -1.06. The summed E-state index contributed by atoms with van der Waals surface area (Å²) in [6, 6.07) is 0.404. The number of carbonyl (C=O) groups excluding carboxylic acids is 2. The average molecular weight is 224 g/mol. The fourth-order valence-electron chi connectivity index (χ4n) is 2.27. The third kappa shape index (κ3) is 2.36. The van der Waals surface area contributed by atoms with Gasteiger partial charge in [0.15, 0.2) is 0 Å². The zero-order valence-electron chi connectivity index (χ0n) is 9.87. The molecule has 0 aromatic carbocycles. The van der Waals surface area contributed by atoms with Gasteiger partial charge in [-0.1, -0.05) is 6.92 Å². The lowest BCUT2D eigenvalue weighted by Crippen LogP contribution is -2.52. The molecule has 2 aliphatic rings. The van der Waals surface area contributed by atoms with Crippen molar-refractivity contribution in [3.63, 3.8) is 0 Å². The lowest BCUT2D eigenvalue weighted by Gasteiger charge is -2.34. The number of nitrogens with one attached hydrogen (secondary N) is 1. The number of Topliss-reactive ketones (excluding diaryl/α,β-unsaturated/α-hetero) is 1. The van der Waals surface area contributed by atoms with Crippen LogP contribution in [-0.4, -0.2) is 35.8 Å². The molecule has 1 saturated heterocycles. The number of piperidine rings is 1. The molecule has 90 valence electrons. The highest BCUT2D eigenvalue weighted by atomic mass is 16.2. The Morgan fingerprint density at radius 3 is 2.81 bits per heavy atom. The van der Waals surface area contributed by atoms with Gasteiger partial charge in [-0.25, -0.2) is 4.79 Å². The van der Waals surface area contributed by atoms with Crippen molar-refractivity contribution in [2.45, 2.75) is 45.1 Å². The summed E-state index contributed by atoms with van der Waals surface area (Å²) in [4.78, 5) is 25.2. The molecule has 2 fully saturated rings. The SMILES string of the molecule is CCC1CN(C(=O)NC2CCC2)CCC1=O. The van der Waals surface area contributed by atoms with Crippen molar-refractivity contribution in [3.05, 3.63) is 0 Å². The van der Waals surface area contributed by atoms with E-state index >= 15 is 0 Å². The average Bonchev–Trinajstić information content (AvgIpc) is 2.24. The van der Waals surface area contributed by atoms with Crippen LogP contribution in [0, 0.1) is 5.92 Å². The summed E-state index contributed by atoms with van der Waals surface area (Å²) < 4.78 is 0. The highest BCUT2D eigenvalue weighted by Gasteiger charge is 2.30. The molecule has 1 saturated carbocycles. The van der Waals surface area contributed by atoms with Gasteiger partial charge in [0.05, 0.1) is 0 Å². The van der Waals surface area contributed by atoms with Crippen molar-refractivity contribution in [2.24, 2.45) is 5.92 Å². The van der Waals surface area contributed by atoms with Crippen LogP contribution >= 0.6 is 0 Å². The largest absolute Gasteiger partial charge is 0.335 e. The van der Waals surface area contributed by atoms with E-state index in [4.69, 9.17) is 0 Å². The van der Waals surface area contributed by atoms with Gasteiger partial charge >= 0.3 is 6.03 Å². The first kappa shape index (κ1) is 11.4. The van der Waals surface area contributed by atoms with E-state index in [0.717, 1.165) is 19.3 Å². The molecule has 0 radical (unpaired) electrons. The first-order valence-corrected chi connectivity index (χ1v) is 6.29. The van der Waals surface area contributed by atoms with Crippen LogP contribution in [0.2, 0.25) is 0 Å². The second kappa shape index (κ2) is 4.85. The third-order valence-electron chi connectivity index (χ3n) is 3.74. The molecule has 0 spiro atoms. The van der Waals surface area contributed by atoms with Crippen LogP contribution in [0.3, 0.4) is 0 Å². The smallest absolute Gasteiger partial charge is 0.317 e. The van der Waals surface area contributed by atoms with E-state index < -0.39 is 0 Å². The van der Waals surface area contributed by atoms with Gasteiger partial charge in [0.25, 0.3) is 0 Å². The molecule has 1 atom stereocenters. The minimum Gasteiger partial charge on any atom is -0.335 e. The summed E-state index contributed by atoms with van der Waals surface area (Å²) in [6.45, 7) is 3.21. The molecular formula is C12H20N2O2. The predicted molar refractivity (Wildman–Crippen MR) is 61.1 cm³/mol. The lowest BCUT2D eigenvalue weighted by molar-refractivity contribution is -0.125. The quantitative estimate of drug-likeness (QED) is 0.773. The first-order valence-electron chi connectivity index (χ1n) is 6.29. The number of nitrogens with zero attached hydrogens (tertiary/aromatic N) is 1. The van der Waals surface area contributed by atoms with Gasteiger partial charge < -0.3 is 10.2 Å². The van der Waals surface area contributed by atoms with E-state index in [1.165, 1.54) is 6.42 Å². The predicted octanol–water partition coefficient (Wildman–Crippen LogP) is 1.55. The van der Waals surface area contributed by atoms with Crippen LogP contribution < -0.4 is 5.32 Å². The topological polar surface area (TPSA) is 49.4 Å². The molecule has 4 heteroatoms. The number of carbonyl (C=O) groups is 2. The van der Waals surface area contributed by atoms with Crippen LogP contribution in [0.4, 0.5) is 4.79 Å². The number of ketones is 1. The molecule has 0 aromatic heterocycles. The zero-order valence-corrected chi connectivity index (χ0v) is 9.87. The molecule has 4 nitrogen and oxygen atoms in total. The summed E-state index contributed by atoms with van der Waals surface area (Å²) in [5, 5.41) is 3.02. The van der Waals surface area contributed by atoms with E-state index in [9.17, 15) is 9.59 Å². The normalized spacial score (nSPS) is 26.4. The Morgan fingerprint density at radius 1 is 1.50 bits per heavy atom. The van der Waals surface area contributed by atoms with Crippen LogP contribution in [0.5, 0.6) is 0 Å². The van der Waals surface area contributed by atoms with E-state index in [-0.39, 0.29) is 11.9 Å². The maximum absolute atomic E-state index is 11.9. The minimum atomic E-state index is 0.0238. The molecule has 1 unspecified atom stereocenters. The standard InChI is InChI=1S/C12H20N2O2/c1-2-9-8-14(7-6-11(9)15)12(16)13-10-4-3-5-10/h9-10H,2-8H2,1H3,(H,13,16). The molecule has 16 heavy (non-hydrogen) atoms. The first-order chi connectivity index (χ1) is 7.70. The van der Waals surface area contributed by atoms with Crippen LogP contribution in [0.15, 0.2) is 0 Å². The molecule has 2 rings (SSSR count). The van der Waals surface area contributed by atoms with Crippen LogP contribution in [0.1, 0.15) is 39.0 Å². The number of likely N-dealkylation sites (tertiary alicyclic amines) is 1. The van der Waals surface area contributed by atoms with Gasteiger partial charge in [-0.3, -0.25) is 4.79 Å². The summed E-state index contributed by atoms with van der Waals surface area (Å²) in [6.07, 6.45) is 4.80. The highest BCUT2D eigenvalue weighted by molar-refractivity contribution is 5.84. The molecule has 1 aliphatic carbocycles. The van der Waals surface area contributed by atoms with Gasteiger partial charge in [0, 0.05) is 31.5 Å². The maximum atomic E-state index is 11.9. The summed E-state index contributed by atoms with van der Waals surface area (Å²) in [7, 11) is 0. The van der Waals surface area contributed by atoms with Gasteiger partial charge in [-0.2, -0.15) is 0 Å². The lowest BCUT2D eigenvalue weighted by atomic mass is 9.92. The second-order valence-electron chi connectivity index (χ2n) is 4.84. The third-order valence-corrected chi connectivity index (χ3v) is 3.74. The number of hydrogen-bond donors (Lipinski definition) is 1. The molecule has 0 aromatic rings. The van der Waals surface area contributed by atoms with E-state index in [2.05, 4.69) is 5.32 Å². The van der Waals surface area contributed by atoms with Crippen molar-refractivity contribution in [2.75, 3.05) is 13.1 Å². The van der Waals surface area contributed by atoms with E-state index in [1.807, 2.05) is 6.92 Å². The number of hydrogen-bond acceptors (Lipinski definition) is 2. The van der Waals surface area contributed by atoms with Crippen LogP contribution in [0.25, 0.3) is 0 Å². The van der Waals surface area contributed by atoms with Crippen LogP contribution in [-0.2, 0) is 4.79 Å². The van der Waals surface area contributed by atoms with E-state index in [0.29, 0.717) is 31.3 Å². The van der Waals surface area contributed by atoms with Crippen molar-refractivity contribution in [1.29, 1.82) is 0 Å². The molecule has 1 aliphatic heterocycles. The van der Waals surface area contributed by atoms with Gasteiger partial charge in [0.1, 0.15) is 5.78 Å². The summed E-state index contributed by atoms with van der Waals surface area (Å²) >= 11 is 0. The van der Waals surface area contributed by atoms with Gasteiger partial charge in [-0.15, -0.1) is 0 Å². The Kier molecular flexibility index (Phi) is 3.46. The Labute approximate surface area is 96.4 Å². The van der Waals surface area contributed by atoms with Crippen molar-refractivity contribution in [1.82, 2.24) is 10.2 Å². The minimum absolute atomic E-state index is 0.0238. The van der Waals surface area contributed by atoms with E-state index in [1.54, 1.807) is 4.90 Å². The highest BCUT2D eigenvalue weighted by Crippen LogP contribution is 2.20. The Bertz CT molecular complexity index is 287. The van der Waals surface area contributed by atoms with Gasteiger partial charge in [0.2, 0.25) is 0 Å². The number of rotatable bonds is 2. The molecule has 1 N–H and O–H groups in total. The molecule has 1 heterocycles. The van der Waals surface area contributed by atoms with Crippen molar-refractivity contribution in [3.8, 4) is 0 Å². The monoisotopic (exact) mass is 224 g/mol. The van der Waals surface area contributed by atoms with Crippen molar-refractivity contribution >= 4 is 11.8 Å². The maximum Gasteiger partial charge on any atom is 0.317 e. The van der Waals surface area contributed by atoms with Crippen molar-refractivity contribution < 1.29 is 9.59 Å². The summed E-state index contributed by atoms with van der Waals surface area (Å²) in [5.74, 6) is 0.371. The number of amides is 2. The van der Waals surface area contributed by atoms with Gasteiger partial charge in [-0.05, 0) is 25.7 Å². The molecular weight excluding hydrogens is 204 g/mol. The molecule has 0 bridgehead atoms. The second-order valence-corrected chi connectivity index (χ2v) is 4.84. The fraction of sp³-hybridized carbons (Fsp3) is 0.833.